The first-order valence-electron chi connectivity index (χ1n) is 9.35. The molecule has 2 aliphatic heterocycles. The number of aromatic nitrogens is 2. The second-order valence-corrected chi connectivity index (χ2v) is 8.18. The molecule has 2 amide bonds. The normalized spacial score (nSPS) is 20.9. The van der Waals surface area contributed by atoms with Gasteiger partial charge in [0.25, 0.3) is 11.8 Å². The minimum absolute atomic E-state index is 0.138. The summed E-state index contributed by atoms with van der Waals surface area (Å²) in [7, 11) is 1.62. The molecule has 2 atom stereocenters. The number of methoxy groups -OCH3 is 1. The number of nitrogens with zero attached hydrogens (tertiary/aromatic N) is 3. The number of fused-ring (bicyclic) bond motifs is 1. The molecule has 2 aliphatic rings. The van der Waals surface area contributed by atoms with E-state index in [1.165, 1.54) is 0 Å². The molecule has 2 aromatic rings. The van der Waals surface area contributed by atoms with Crippen LogP contribution in [0.4, 0.5) is 0 Å². The van der Waals surface area contributed by atoms with E-state index < -0.39 is 6.04 Å². The van der Waals surface area contributed by atoms with Gasteiger partial charge in [0, 0.05) is 12.2 Å². The number of carbonyl (C=O) groups excluding carboxylic acids is 2. The van der Waals surface area contributed by atoms with Crippen LogP contribution >= 0.6 is 11.8 Å². The minimum atomic E-state index is -0.532. The lowest BCUT2D eigenvalue weighted by molar-refractivity contribution is -0.144. The zero-order chi connectivity index (χ0) is 20.5. The van der Waals surface area contributed by atoms with Gasteiger partial charge in [0.2, 0.25) is 5.91 Å². The predicted octanol–water partition coefficient (Wildman–Crippen LogP) is 2.15. The molecule has 0 spiro atoms. The number of carbonyl (C=O) groups is 2. The fraction of sp³-hybridized carbons (Fsp3) is 0.400. The highest BCUT2D eigenvalue weighted by atomic mass is 32.2. The largest absolute Gasteiger partial charge is 0.497 e. The number of rotatable bonds is 6. The highest BCUT2D eigenvalue weighted by Crippen LogP contribution is 2.43. The number of hydrogen-bond donors (Lipinski definition) is 1. The first-order chi connectivity index (χ1) is 14.0. The predicted molar refractivity (Wildman–Crippen MR) is 108 cm³/mol. The van der Waals surface area contributed by atoms with Crippen LogP contribution in [-0.4, -0.2) is 51.1 Å². The molecule has 1 N–H and O–H groups in total. The van der Waals surface area contributed by atoms with Crippen molar-refractivity contribution >= 4 is 29.3 Å². The molecule has 2 unspecified atom stereocenters. The lowest BCUT2D eigenvalue weighted by Crippen LogP contribution is -2.69. The van der Waals surface area contributed by atoms with E-state index in [2.05, 4.69) is 15.5 Å². The molecule has 9 heteroatoms. The average molecular weight is 414 g/mol. The molecule has 152 valence electrons. The molecule has 29 heavy (non-hydrogen) atoms. The van der Waals surface area contributed by atoms with Crippen LogP contribution in [0.5, 0.6) is 5.75 Å². The summed E-state index contributed by atoms with van der Waals surface area (Å²) in [6.45, 7) is 3.69. The fourth-order valence-electron chi connectivity index (χ4n) is 3.46. The molecule has 0 radical (unpaired) electrons. The van der Waals surface area contributed by atoms with E-state index in [1.54, 1.807) is 30.7 Å². The summed E-state index contributed by atoms with van der Waals surface area (Å²) in [5, 5.41) is 6.55. The third-order valence-corrected chi connectivity index (χ3v) is 6.43. The number of thioether (sulfide) groups is 1. The smallest absolute Gasteiger partial charge is 0.274 e. The van der Waals surface area contributed by atoms with Crippen LogP contribution in [0.3, 0.4) is 0 Å². The van der Waals surface area contributed by atoms with Crippen molar-refractivity contribution in [3.05, 3.63) is 47.1 Å². The molecule has 1 aromatic heterocycles. The average Bonchev–Trinajstić information content (AvgIpc) is 3.16. The topological polar surface area (TPSA) is 97.6 Å². The van der Waals surface area contributed by atoms with Gasteiger partial charge >= 0.3 is 0 Å². The molecule has 3 heterocycles. The second kappa shape index (κ2) is 7.90. The van der Waals surface area contributed by atoms with Crippen LogP contribution in [-0.2, 0) is 16.0 Å². The summed E-state index contributed by atoms with van der Waals surface area (Å²) >= 11 is 1.63. The van der Waals surface area contributed by atoms with Crippen LogP contribution in [0.15, 0.2) is 34.4 Å². The number of hydrogen-bond acceptors (Lipinski definition) is 7. The first-order valence-corrected chi connectivity index (χ1v) is 10.4. The molecule has 0 aliphatic carbocycles. The summed E-state index contributed by atoms with van der Waals surface area (Å²) in [5.41, 5.74) is 2.72. The van der Waals surface area contributed by atoms with Gasteiger partial charge in [0.05, 0.1) is 7.11 Å². The summed E-state index contributed by atoms with van der Waals surface area (Å²) in [4.78, 5) is 31.1. The zero-order valence-electron chi connectivity index (χ0n) is 16.5. The molecule has 1 fully saturated rings. The summed E-state index contributed by atoms with van der Waals surface area (Å²) in [6.07, 6.45) is 0.919. The van der Waals surface area contributed by atoms with Crippen LogP contribution in [0.1, 0.15) is 30.6 Å². The van der Waals surface area contributed by atoms with Gasteiger partial charge in [-0.15, -0.1) is 11.8 Å². The molecule has 8 nitrogen and oxygen atoms in total. The maximum atomic E-state index is 12.8. The van der Waals surface area contributed by atoms with E-state index in [0.717, 1.165) is 22.6 Å². The standard InChI is InChI=1S/C20H22N4O4S/c1-11-10-29-20-16(19(26)24(20)17(11)18-21-12(2)23-28-18)22-15(25)9-6-13-4-7-14(27-3)8-5-13/h4-5,7-8,16,20H,6,9-10H2,1-3H3,(H,22,25). The van der Waals surface area contributed by atoms with Crippen molar-refractivity contribution in [2.45, 2.75) is 38.1 Å². The number of ether oxygens (including phenoxy) is 1. The highest BCUT2D eigenvalue weighted by Gasteiger charge is 2.53. The fourth-order valence-corrected chi connectivity index (χ4v) is 4.76. The van der Waals surface area contributed by atoms with Gasteiger partial charge in [-0.3, -0.25) is 14.5 Å². The van der Waals surface area contributed by atoms with Gasteiger partial charge in [-0.25, -0.2) is 0 Å². The van der Waals surface area contributed by atoms with Crippen LogP contribution in [0.2, 0.25) is 0 Å². The van der Waals surface area contributed by atoms with E-state index in [0.29, 0.717) is 30.3 Å². The zero-order valence-corrected chi connectivity index (χ0v) is 17.3. The minimum Gasteiger partial charge on any atom is -0.497 e. The Morgan fingerprint density at radius 1 is 1.34 bits per heavy atom. The molecule has 1 saturated heterocycles. The number of amides is 2. The lowest BCUT2D eigenvalue weighted by atomic mass is 10.0. The molecular formula is C20H22N4O4S. The maximum absolute atomic E-state index is 12.8. The van der Waals surface area contributed by atoms with Crippen LogP contribution in [0.25, 0.3) is 5.70 Å². The summed E-state index contributed by atoms with van der Waals surface area (Å²) in [6, 6.07) is 7.08. The van der Waals surface area contributed by atoms with Gasteiger partial charge < -0.3 is 14.6 Å². The Hall–Kier alpha value is -2.81. The van der Waals surface area contributed by atoms with Crippen molar-refractivity contribution in [3.63, 3.8) is 0 Å². The van der Waals surface area contributed by atoms with E-state index in [4.69, 9.17) is 9.26 Å². The van der Waals surface area contributed by atoms with E-state index in [1.807, 2.05) is 31.2 Å². The van der Waals surface area contributed by atoms with Crippen molar-refractivity contribution in [2.75, 3.05) is 12.9 Å². The van der Waals surface area contributed by atoms with E-state index in [-0.39, 0.29) is 17.2 Å². The monoisotopic (exact) mass is 414 g/mol. The van der Waals surface area contributed by atoms with Crippen molar-refractivity contribution in [1.29, 1.82) is 0 Å². The van der Waals surface area contributed by atoms with Crippen LogP contribution in [0, 0.1) is 6.92 Å². The van der Waals surface area contributed by atoms with E-state index in [9.17, 15) is 9.59 Å². The molecule has 4 rings (SSSR count). The molecular weight excluding hydrogens is 392 g/mol. The third-order valence-electron chi connectivity index (χ3n) is 5.01. The Morgan fingerprint density at radius 2 is 2.10 bits per heavy atom. The van der Waals surface area contributed by atoms with Crippen molar-refractivity contribution < 1.29 is 18.8 Å². The van der Waals surface area contributed by atoms with Crippen molar-refractivity contribution in [3.8, 4) is 5.75 Å². The Morgan fingerprint density at radius 3 is 2.76 bits per heavy atom. The molecule has 1 aromatic carbocycles. The Labute approximate surface area is 172 Å². The van der Waals surface area contributed by atoms with Gasteiger partial charge in [-0.2, -0.15) is 4.98 Å². The highest BCUT2D eigenvalue weighted by molar-refractivity contribution is 8.00. The number of β-lactam (4-membered cyclic amide) rings is 1. The molecule has 0 bridgehead atoms. The van der Waals surface area contributed by atoms with Gasteiger partial charge in [-0.1, -0.05) is 17.3 Å². The van der Waals surface area contributed by atoms with Crippen molar-refractivity contribution in [2.24, 2.45) is 0 Å². The van der Waals surface area contributed by atoms with E-state index >= 15 is 0 Å². The second-order valence-electron chi connectivity index (χ2n) is 7.08. The van der Waals surface area contributed by atoms with Gasteiger partial charge in [0.1, 0.15) is 22.9 Å². The van der Waals surface area contributed by atoms with Gasteiger partial charge in [0.15, 0.2) is 5.82 Å². The Balaban J connectivity index is 1.37. The number of benzene rings is 1. The maximum Gasteiger partial charge on any atom is 0.274 e. The molecule has 0 saturated carbocycles. The number of nitrogens with one attached hydrogen (secondary N) is 1. The summed E-state index contributed by atoms with van der Waals surface area (Å²) < 4.78 is 10.4. The van der Waals surface area contributed by atoms with Crippen molar-refractivity contribution in [1.82, 2.24) is 20.4 Å². The Bertz CT molecular complexity index is 969. The third kappa shape index (κ3) is 3.74. The van der Waals surface area contributed by atoms with Gasteiger partial charge in [-0.05, 0) is 43.5 Å². The quantitative estimate of drug-likeness (QED) is 0.723. The number of aryl methyl sites for hydroxylation is 2. The Kier molecular flexibility index (Phi) is 5.31. The lowest BCUT2D eigenvalue weighted by Gasteiger charge is -2.49. The van der Waals surface area contributed by atoms with Crippen LogP contribution < -0.4 is 10.1 Å². The first kappa shape index (κ1) is 19.5. The summed E-state index contributed by atoms with van der Waals surface area (Å²) in [5.74, 6) is 2.10. The SMILES string of the molecule is COc1ccc(CCC(=O)NC2C(=O)N3C(c4nc(C)no4)=C(C)CSC23)cc1.